The Hall–Kier alpha value is -2.48. The highest BCUT2D eigenvalue weighted by molar-refractivity contribution is 5.78. The van der Waals surface area contributed by atoms with Gasteiger partial charge in [0.1, 0.15) is 11.8 Å². The molecule has 31 heavy (non-hydrogen) atoms. The van der Waals surface area contributed by atoms with E-state index in [1.807, 2.05) is 20.8 Å². The first-order valence-corrected chi connectivity index (χ1v) is 11.3. The average Bonchev–Trinajstić information content (AvgIpc) is 2.72. The standard InChI is InChI=1S/C23H34N4O4/c1-23(2,3)31-22(30)26-14-12-25(13-15-26)17-7-4-8-18-16(17)6-5-11-27(18)19-9-10-20(28)24-21(19)29/h4,7-8,19,21,29H,5-6,9-15H2,1-3H3,(H,24,28)/t19-,21?/m1/s1. The van der Waals surface area contributed by atoms with E-state index in [0.717, 1.165) is 38.2 Å². The maximum atomic E-state index is 12.4. The predicted molar refractivity (Wildman–Crippen MR) is 119 cm³/mol. The Morgan fingerprint density at radius 3 is 2.48 bits per heavy atom. The molecule has 3 heterocycles. The summed E-state index contributed by atoms with van der Waals surface area (Å²) in [5, 5.41) is 13.1. The molecular formula is C23H34N4O4. The quantitative estimate of drug-likeness (QED) is 0.747. The first kappa shape index (κ1) is 21.7. The van der Waals surface area contributed by atoms with E-state index in [-0.39, 0.29) is 18.0 Å². The highest BCUT2D eigenvalue weighted by atomic mass is 16.6. The molecule has 2 N–H and O–H groups in total. The number of nitrogens with one attached hydrogen (secondary N) is 1. The van der Waals surface area contributed by atoms with Crippen molar-refractivity contribution in [2.45, 2.75) is 64.3 Å². The Bertz CT molecular complexity index is 829. The van der Waals surface area contributed by atoms with E-state index in [1.54, 1.807) is 4.90 Å². The number of aliphatic hydroxyl groups is 1. The number of carbonyl (C=O) groups is 2. The maximum Gasteiger partial charge on any atom is 0.410 e. The number of ether oxygens (including phenoxy) is 1. The molecule has 8 nitrogen and oxygen atoms in total. The third-order valence-electron chi connectivity index (χ3n) is 6.27. The van der Waals surface area contributed by atoms with E-state index in [0.29, 0.717) is 25.9 Å². The van der Waals surface area contributed by atoms with Crippen LogP contribution >= 0.6 is 0 Å². The number of piperazine rings is 1. The van der Waals surface area contributed by atoms with Gasteiger partial charge in [-0.25, -0.2) is 4.79 Å². The molecule has 2 atom stereocenters. The summed E-state index contributed by atoms with van der Waals surface area (Å²) in [5.74, 6) is -0.0856. The van der Waals surface area contributed by atoms with Crippen molar-refractivity contribution in [3.63, 3.8) is 0 Å². The van der Waals surface area contributed by atoms with E-state index < -0.39 is 11.8 Å². The monoisotopic (exact) mass is 430 g/mol. The summed E-state index contributed by atoms with van der Waals surface area (Å²) in [7, 11) is 0. The smallest absolute Gasteiger partial charge is 0.410 e. The van der Waals surface area contributed by atoms with Gasteiger partial charge in [-0.2, -0.15) is 0 Å². The Kier molecular flexibility index (Phi) is 6.01. The number of benzene rings is 1. The second kappa shape index (κ2) is 8.57. The molecule has 170 valence electrons. The zero-order valence-corrected chi connectivity index (χ0v) is 18.8. The minimum absolute atomic E-state index is 0.0856. The Balaban J connectivity index is 1.48. The molecule has 0 aromatic heterocycles. The Morgan fingerprint density at radius 1 is 1.10 bits per heavy atom. The van der Waals surface area contributed by atoms with Gasteiger partial charge in [-0.15, -0.1) is 0 Å². The number of hydrogen-bond donors (Lipinski definition) is 2. The SMILES string of the molecule is CC(C)(C)OC(=O)N1CCN(c2cccc3c2CCCN3[C@@H]2CCC(=O)NC2O)CC1. The van der Waals surface area contributed by atoms with Crippen LogP contribution in [0.1, 0.15) is 45.6 Å². The van der Waals surface area contributed by atoms with Gasteiger partial charge in [-0.05, 0) is 57.7 Å². The average molecular weight is 431 g/mol. The molecule has 0 spiro atoms. The molecule has 0 saturated carbocycles. The lowest BCUT2D eigenvalue weighted by Crippen LogP contribution is -2.56. The lowest BCUT2D eigenvalue weighted by molar-refractivity contribution is -0.127. The van der Waals surface area contributed by atoms with Crippen molar-refractivity contribution in [2.24, 2.45) is 0 Å². The van der Waals surface area contributed by atoms with Crippen LogP contribution < -0.4 is 15.1 Å². The van der Waals surface area contributed by atoms with Crippen LogP contribution in [-0.4, -0.2) is 72.6 Å². The number of anilines is 2. The summed E-state index contributed by atoms with van der Waals surface area (Å²) in [6.07, 6.45) is 2.02. The lowest BCUT2D eigenvalue weighted by atomic mass is 9.94. The molecule has 1 aromatic carbocycles. The number of piperidine rings is 1. The van der Waals surface area contributed by atoms with E-state index in [2.05, 4.69) is 33.3 Å². The molecule has 3 aliphatic heterocycles. The maximum absolute atomic E-state index is 12.4. The molecule has 8 heteroatoms. The summed E-state index contributed by atoms with van der Waals surface area (Å²) in [4.78, 5) is 30.4. The summed E-state index contributed by atoms with van der Waals surface area (Å²) in [5.41, 5.74) is 3.17. The largest absolute Gasteiger partial charge is 0.444 e. The van der Waals surface area contributed by atoms with Crippen LogP contribution in [0.4, 0.5) is 16.2 Å². The highest BCUT2D eigenvalue weighted by Gasteiger charge is 2.35. The predicted octanol–water partition coefficient (Wildman–Crippen LogP) is 2.09. The van der Waals surface area contributed by atoms with Crippen LogP contribution in [0, 0.1) is 0 Å². The van der Waals surface area contributed by atoms with Crippen molar-refractivity contribution in [3.05, 3.63) is 23.8 Å². The first-order valence-electron chi connectivity index (χ1n) is 11.3. The van der Waals surface area contributed by atoms with Crippen LogP contribution in [0.5, 0.6) is 0 Å². The van der Waals surface area contributed by atoms with E-state index in [4.69, 9.17) is 4.74 Å². The molecule has 3 aliphatic rings. The zero-order chi connectivity index (χ0) is 22.2. The third kappa shape index (κ3) is 4.74. The number of aliphatic hydroxyl groups excluding tert-OH is 1. The molecule has 1 aromatic rings. The molecule has 4 rings (SSSR count). The summed E-state index contributed by atoms with van der Waals surface area (Å²) in [6.45, 7) is 9.33. The topological polar surface area (TPSA) is 85.4 Å². The van der Waals surface area contributed by atoms with E-state index >= 15 is 0 Å². The molecule has 1 unspecified atom stereocenters. The third-order valence-corrected chi connectivity index (χ3v) is 6.27. The number of hydrogen-bond acceptors (Lipinski definition) is 6. The van der Waals surface area contributed by atoms with Gasteiger partial charge in [0.2, 0.25) is 5.91 Å². The zero-order valence-electron chi connectivity index (χ0n) is 18.8. The molecule has 2 fully saturated rings. The van der Waals surface area contributed by atoms with Crippen molar-refractivity contribution >= 4 is 23.4 Å². The fourth-order valence-corrected chi connectivity index (χ4v) is 4.83. The van der Waals surface area contributed by atoms with Crippen molar-refractivity contribution < 1.29 is 19.4 Å². The van der Waals surface area contributed by atoms with Gasteiger partial charge in [0, 0.05) is 50.5 Å². The van der Waals surface area contributed by atoms with Gasteiger partial charge >= 0.3 is 6.09 Å². The second-order valence-corrected chi connectivity index (χ2v) is 9.64. The molecule has 0 bridgehead atoms. The first-order chi connectivity index (χ1) is 14.7. The minimum atomic E-state index is -0.840. The second-order valence-electron chi connectivity index (χ2n) is 9.64. The number of fused-ring (bicyclic) bond motifs is 1. The van der Waals surface area contributed by atoms with Gasteiger partial charge in [-0.1, -0.05) is 6.07 Å². The molecule has 0 aliphatic carbocycles. The highest BCUT2D eigenvalue weighted by Crippen LogP contribution is 2.37. The molecule has 2 saturated heterocycles. The van der Waals surface area contributed by atoms with Gasteiger partial charge in [0.05, 0.1) is 6.04 Å². The van der Waals surface area contributed by atoms with Crippen molar-refractivity contribution in [1.29, 1.82) is 0 Å². The van der Waals surface area contributed by atoms with Gasteiger partial charge in [-0.3, -0.25) is 4.79 Å². The fourth-order valence-electron chi connectivity index (χ4n) is 4.83. The Labute approximate surface area is 184 Å². The minimum Gasteiger partial charge on any atom is -0.444 e. The summed E-state index contributed by atoms with van der Waals surface area (Å²) < 4.78 is 5.52. The normalized spacial score (nSPS) is 24.5. The van der Waals surface area contributed by atoms with E-state index in [9.17, 15) is 14.7 Å². The van der Waals surface area contributed by atoms with Crippen molar-refractivity contribution in [2.75, 3.05) is 42.5 Å². The van der Waals surface area contributed by atoms with Crippen molar-refractivity contribution in [3.8, 4) is 0 Å². The number of nitrogens with zero attached hydrogens (tertiary/aromatic N) is 3. The van der Waals surface area contributed by atoms with E-state index in [1.165, 1.54) is 11.3 Å². The van der Waals surface area contributed by atoms with Crippen LogP contribution in [0.2, 0.25) is 0 Å². The van der Waals surface area contributed by atoms with Gasteiger partial charge in [0.25, 0.3) is 0 Å². The van der Waals surface area contributed by atoms with Gasteiger partial charge < -0.3 is 29.9 Å². The summed E-state index contributed by atoms with van der Waals surface area (Å²) in [6, 6.07) is 6.25. The molecular weight excluding hydrogens is 396 g/mol. The molecule has 0 radical (unpaired) electrons. The van der Waals surface area contributed by atoms with Crippen LogP contribution in [0.3, 0.4) is 0 Å². The number of carbonyl (C=O) groups excluding carboxylic acids is 2. The van der Waals surface area contributed by atoms with Crippen LogP contribution in [-0.2, 0) is 16.0 Å². The van der Waals surface area contributed by atoms with Crippen molar-refractivity contribution in [1.82, 2.24) is 10.2 Å². The van der Waals surface area contributed by atoms with Gasteiger partial charge in [0.15, 0.2) is 0 Å². The number of rotatable bonds is 2. The lowest BCUT2D eigenvalue weighted by Gasteiger charge is -2.44. The van der Waals surface area contributed by atoms with Crippen LogP contribution in [0.25, 0.3) is 0 Å². The molecule has 2 amide bonds. The fraction of sp³-hybridized carbons (Fsp3) is 0.652. The Morgan fingerprint density at radius 2 is 1.81 bits per heavy atom. The number of amides is 2. The summed E-state index contributed by atoms with van der Waals surface area (Å²) >= 11 is 0. The van der Waals surface area contributed by atoms with Crippen LogP contribution in [0.15, 0.2) is 18.2 Å².